The average Bonchev–Trinajstić information content (AvgIpc) is 2.96. The van der Waals surface area contributed by atoms with Crippen molar-refractivity contribution >= 4 is 22.9 Å². The van der Waals surface area contributed by atoms with Gasteiger partial charge in [-0.05, 0) is 36.6 Å². The maximum atomic E-state index is 13.7. The highest BCUT2D eigenvalue weighted by molar-refractivity contribution is 7.10. The third-order valence-electron chi connectivity index (χ3n) is 3.69. The van der Waals surface area contributed by atoms with Crippen molar-refractivity contribution in [3.8, 4) is 0 Å². The quantitative estimate of drug-likeness (QED) is 0.865. The number of hydrogen-bond acceptors (Lipinski definition) is 2. The number of nitrogens with one attached hydrogen (secondary N) is 1. The second-order valence-corrected chi connectivity index (χ2v) is 7.84. The number of aryl methyl sites for hydroxylation is 2. The number of hydrogen-bond donors (Lipinski definition) is 1. The van der Waals surface area contributed by atoms with Crippen LogP contribution in [0.25, 0.3) is 0 Å². The fourth-order valence-electron chi connectivity index (χ4n) is 2.28. The zero-order valence-corrected chi connectivity index (χ0v) is 14.6. The zero-order valence-electron chi connectivity index (χ0n) is 13.8. The molecule has 0 radical (unpaired) electrons. The van der Waals surface area contributed by atoms with E-state index in [9.17, 15) is 9.18 Å². The molecule has 3 nitrogen and oxygen atoms in total. The van der Waals surface area contributed by atoms with E-state index in [0.29, 0.717) is 11.1 Å². The number of amides is 1. The number of anilines is 1. The summed E-state index contributed by atoms with van der Waals surface area (Å²) < 4.78 is 15.0. The summed E-state index contributed by atoms with van der Waals surface area (Å²) in [7, 11) is 1.60. The topological polar surface area (TPSA) is 34.0 Å². The maximum absolute atomic E-state index is 13.7. The monoisotopic (exact) mass is 322 g/mol. The van der Waals surface area contributed by atoms with E-state index in [1.54, 1.807) is 25.3 Å². The van der Waals surface area contributed by atoms with E-state index in [4.69, 9.17) is 0 Å². The largest absolute Gasteiger partial charge is 0.327 e. The van der Waals surface area contributed by atoms with Gasteiger partial charge in [0.2, 0.25) is 0 Å². The van der Waals surface area contributed by atoms with Crippen LogP contribution in [-0.2, 0) is 13.5 Å². The molecule has 1 N–H and O–H groups in total. The van der Waals surface area contributed by atoms with Crippen LogP contribution in [0.4, 0.5) is 10.1 Å². The molecule has 0 aliphatic heterocycles. The van der Waals surface area contributed by atoms with E-state index >= 15 is 0 Å². The SMILES string of the molecule is Cc1c(C(=O)Nc2ccsc2CCC(C)(C)C)cn(C)c1F. The van der Waals surface area contributed by atoms with Gasteiger partial charge < -0.3 is 9.88 Å². The lowest BCUT2D eigenvalue weighted by Crippen LogP contribution is -2.13. The molecule has 2 rings (SSSR count). The number of carbonyl (C=O) groups excluding carboxylic acids is 1. The van der Waals surface area contributed by atoms with Crippen molar-refractivity contribution in [1.29, 1.82) is 0 Å². The molecule has 0 aromatic carbocycles. The molecule has 0 aliphatic rings. The third-order valence-corrected chi connectivity index (χ3v) is 4.67. The molecular formula is C17H23FN2OS. The molecule has 0 unspecified atom stereocenters. The average molecular weight is 322 g/mol. The van der Waals surface area contributed by atoms with E-state index < -0.39 is 0 Å². The van der Waals surface area contributed by atoms with Crippen molar-refractivity contribution in [3.05, 3.63) is 39.6 Å². The second kappa shape index (κ2) is 6.24. The Balaban J connectivity index is 2.12. The summed E-state index contributed by atoms with van der Waals surface area (Å²) in [6.45, 7) is 8.23. The highest BCUT2D eigenvalue weighted by Crippen LogP contribution is 2.29. The molecule has 5 heteroatoms. The van der Waals surface area contributed by atoms with Crippen molar-refractivity contribution in [1.82, 2.24) is 4.57 Å². The van der Waals surface area contributed by atoms with Gasteiger partial charge in [0.05, 0.1) is 11.3 Å². The molecule has 0 bridgehead atoms. The molecule has 2 aromatic heterocycles. The Kier molecular flexibility index (Phi) is 4.75. The first kappa shape index (κ1) is 16.7. The van der Waals surface area contributed by atoms with E-state index in [1.807, 2.05) is 11.4 Å². The van der Waals surface area contributed by atoms with Crippen molar-refractivity contribution < 1.29 is 9.18 Å². The molecule has 2 aromatic rings. The van der Waals surface area contributed by atoms with Crippen LogP contribution >= 0.6 is 11.3 Å². The smallest absolute Gasteiger partial charge is 0.257 e. The molecule has 0 atom stereocenters. The predicted molar refractivity (Wildman–Crippen MR) is 90.2 cm³/mol. The van der Waals surface area contributed by atoms with Crippen LogP contribution in [-0.4, -0.2) is 10.5 Å². The summed E-state index contributed by atoms with van der Waals surface area (Å²) in [6, 6.07) is 1.91. The first-order valence-corrected chi connectivity index (χ1v) is 8.26. The van der Waals surface area contributed by atoms with Crippen LogP contribution in [0.3, 0.4) is 0 Å². The van der Waals surface area contributed by atoms with Crippen molar-refractivity contribution in [2.24, 2.45) is 12.5 Å². The predicted octanol–water partition coefficient (Wildman–Crippen LogP) is 4.77. The zero-order chi connectivity index (χ0) is 16.5. The Morgan fingerprint density at radius 3 is 2.64 bits per heavy atom. The third kappa shape index (κ3) is 3.77. The number of thiophene rings is 1. The maximum Gasteiger partial charge on any atom is 0.257 e. The van der Waals surface area contributed by atoms with Gasteiger partial charge in [-0.2, -0.15) is 4.39 Å². The lowest BCUT2D eigenvalue weighted by Gasteiger charge is -2.17. The molecular weight excluding hydrogens is 299 g/mol. The van der Waals surface area contributed by atoms with Crippen LogP contribution in [0.15, 0.2) is 17.6 Å². The van der Waals surface area contributed by atoms with E-state index in [1.165, 1.54) is 10.8 Å². The Labute approximate surface area is 135 Å². The Bertz CT molecular complexity index is 679. The standard InChI is InChI=1S/C17H23FN2OS/c1-11-12(10-20(5)15(11)18)16(21)19-13-7-9-22-14(13)6-8-17(2,3)4/h7,9-10H,6,8H2,1-5H3,(H,19,21). The molecule has 0 fully saturated rings. The number of rotatable bonds is 4. The highest BCUT2D eigenvalue weighted by atomic mass is 32.1. The van der Waals surface area contributed by atoms with Crippen molar-refractivity contribution in [3.63, 3.8) is 0 Å². The first-order chi connectivity index (χ1) is 10.2. The van der Waals surface area contributed by atoms with Gasteiger partial charge in [0, 0.05) is 23.7 Å². The van der Waals surface area contributed by atoms with Gasteiger partial charge in [0.25, 0.3) is 5.91 Å². The Morgan fingerprint density at radius 2 is 2.09 bits per heavy atom. The summed E-state index contributed by atoms with van der Waals surface area (Å²) >= 11 is 1.65. The summed E-state index contributed by atoms with van der Waals surface area (Å²) in [4.78, 5) is 13.5. The Morgan fingerprint density at radius 1 is 1.41 bits per heavy atom. The lowest BCUT2D eigenvalue weighted by molar-refractivity contribution is 0.102. The normalized spacial score (nSPS) is 11.7. The van der Waals surface area contributed by atoms with E-state index in [2.05, 4.69) is 26.1 Å². The molecule has 0 spiro atoms. The summed E-state index contributed by atoms with van der Waals surface area (Å²) in [5.41, 5.74) is 1.85. The second-order valence-electron chi connectivity index (χ2n) is 6.84. The van der Waals surface area contributed by atoms with Crippen LogP contribution in [0, 0.1) is 18.3 Å². The van der Waals surface area contributed by atoms with E-state index in [-0.39, 0.29) is 17.3 Å². The van der Waals surface area contributed by atoms with Crippen molar-refractivity contribution in [2.45, 2.75) is 40.5 Å². The molecule has 22 heavy (non-hydrogen) atoms. The van der Waals surface area contributed by atoms with Crippen LogP contribution in [0.5, 0.6) is 0 Å². The van der Waals surface area contributed by atoms with E-state index in [0.717, 1.165) is 23.4 Å². The highest BCUT2D eigenvalue weighted by Gasteiger charge is 2.18. The van der Waals surface area contributed by atoms with Gasteiger partial charge in [-0.15, -0.1) is 11.3 Å². The fraction of sp³-hybridized carbons (Fsp3) is 0.471. The number of carbonyl (C=O) groups is 1. The number of halogens is 1. The summed E-state index contributed by atoms with van der Waals surface area (Å²) in [5, 5.41) is 4.89. The minimum atomic E-state index is -0.372. The molecule has 0 saturated heterocycles. The van der Waals surface area contributed by atoms with Crippen LogP contribution in [0.2, 0.25) is 0 Å². The Hall–Kier alpha value is -1.62. The van der Waals surface area contributed by atoms with Crippen molar-refractivity contribution in [2.75, 3.05) is 5.32 Å². The van der Waals surface area contributed by atoms with Gasteiger partial charge in [-0.3, -0.25) is 4.79 Å². The lowest BCUT2D eigenvalue weighted by atomic mass is 9.90. The minimum Gasteiger partial charge on any atom is -0.327 e. The fourth-order valence-corrected chi connectivity index (χ4v) is 3.11. The number of aromatic nitrogens is 1. The van der Waals surface area contributed by atoms with Crippen LogP contribution < -0.4 is 5.32 Å². The summed E-state index contributed by atoms with van der Waals surface area (Å²) in [6.07, 6.45) is 3.51. The number of nitrogens with zero attached hydrogens (tertiary/aromatic N) is 1. The molecule has 120 valence electrons. The molecule has 2 heterocycles. The minimum absolute atomic E-state index is 0.254. The van der Waals surface area contributed by atoms with Gasteiger partial charge in [-0.1, -0.05) is 20.8 Å². The first-order valence-electron chi connectivity index (χ1n) is 7.38. The summed E-state index contributed by atoms with van der Waals surface area (Å²) in [5.74, 6) is -0.629. The molecule has 0 aliphatic carbocycles. The molecule has 0 saturated carbocycles. The van der Waals surface area contributed by atoms with Crippen LogP contribution in [0.1, 0.15) is 48.0 Å². The van der Waals surface area contributed by atoms with Gasteiger partial charge in [0.1, 0.15) is 0 Å². The van der Waals surface area contributed by atoms with Gasteiger partial charge in [-0.25, -0.2) is 0 Å². The van der Waals surface area contributed by atoms with Gasteiger partial charge >= 0.3 is 0 Å². The molecule has 1 amide bonds. The van der Waals surface area contributed by atoms with Gasteiger partial charge in [0.15, 0.2) is 5.95 Å².